The number of nitrogens with two attached hydrogens (primary N) is 1. The van der Waals surface area contributed by atoms with Gasteiger partial charge in [0.25, 0.3) is 0 Å². The zero-order valence-electron chi connectivity index (χ0n) is 11.3. The van der Waals surface area contributed by atoms with E-state index in [4.69, 9.17) is 10.5 Å². The van der Waals surface area contributed by atoms with E-state index in [1.165, 1.54) is 6.42 Å². The minimum absolute atomic E-state index is 0.461. The molecule has 2 rings (SSSR count). The molecule has 1 aromatic rings. The molecule has 19 heavy (non-hydrogen) atoms. The molecular formula is C15H21N3O. The highest BCUT2D eigenvalue weighted by molar-refractivity contribution is 5.92. The van der Waals surface area contributed by atoms with Gasteiger partial charge in [-0.1, -0.05) is 18.2 Å². The summed E-state index contributed by atoms with van der Waals surface area (Å²) < 4.78 is 5.16. The molecule has 0 saturated heterocycles. The Labute approximate surface area is 114 Å². The van der Waals surface area contributed by atoms with Crippen LogP contribution in [0.5, 0.6) is 5.75 Å². The van der Waals surface area contributed by atoms with E-state index in [-0.39, 0.29) is 0 Å². The Kier molecular flexibility index (Phi) is 4.84. The predicted octanol–water partition coefficient (Wildman–Crippen LogP) is 2.78. The minimum Gasteiger partial charge on any atom is -0.497 e. The normalized spacial score (nSPS) is 19.2. The molecule has 4 nitrogen and oxygen atoms in total. The lowest BCUT2D eigenvalue weighted by Gasteiger charge is -2.15. The third kappa shape index (κ3) is 4.32. The van der Waals surface area contributed by atoms with Crippen molar-refractivity contribution in [3.05, 3.63) is 36.4 Å². The Hall–Kier alpha value is -1.97. The van der Waals surface area contributed by atoms with Crippen LogP contribution in [0.3, 0.4) is 0 Å². The number of aliphatic imine (C=N–C) groups is 1. The molecule has 0 spiro atoms. The Morgan fingerprint density at radius 2 is 2.37 bits per heavy atom. The van der Waals surface area contributed by atoms with Gasteiger partial charge in [-0.05, 0) is 37.3 Å². The zero-order chi connectivity index (χ0) is 13.5. The van der Waals surface area contributed by atoms with Crippen LogP contribution in [0.2, 0.25) is 0 Å². The van der Waals surface area contributed by atoms with Gasteiger partial charge in [0.2, 0.25) is 0 Å². The van der Waals surface area contributed by atoms with Crippen LogP contribution < -0.4 is 15.8 Å². The molecule has 1 unspecified atom stereocenters. The molecule has 3 N–H and O–H groups in total. The van der Waals surface area contributed by atoms with E-state index in [0.29, 0.717) is 11.9 Å². The second-order valence-corrected chi connectivity index (χ2v) is 4.73. The molecular weight excluding hydrogens is 238 g/mol. The van der Waals surface area contributed by atoms with E-state index >= 15 is 0 Å². The van der Waals surface area contributed by atoms with Crippen molar-refractivity contribution in [1.29, 1.82) is 0 Å². The fraction of sp³-hybridized carbons (Fsp3) is 0.400. The zero-order valence-corrected chi connectivity index (χ0v) is 11.3. The van der Waals surface area contributed by atoms with Gasteiger partial charge in [-0.15, -0.1) is 0 Å². The molecule has 1 aliphatic rings. The van der Waals surface area contributed by atoms with E-state index < -0.39 is 0 Å². The molecule has 0 radical (unpaired) electrons. The Morgan fingerprint density at radius 1 is 1.47 bits per heavy atom. The summed E-state index contributed by atoms with van der Waals surface area (Å²) in [7, 11) is 1.65. The fourth-order valence-corrected chi connectivity index (χ4v) is 2.14. The smallest absolute Gasteiger partial charge is 0.193 e. The van der Waals surface area contributed by atoms with E-state index in [0.717, 1.165) is 30.8 Å². The Bertz CT molecular complexity index is 468. The van der Waals surface area contributed by atoms with Crippen molar-refractivity contribution in [1.82, 2.24) is 0 Å². The number of nitrogens with one attached hydrogen (secondary N) is 1. The SMILES string of the molecule is COc1cccc(NC(N)=NCC2CC=CCC2)c1. The average molecular weight is 259 g/mol. The number of ether oxygens (including phenoxy) is 1. The van der Waals surface area contributed by atoms with Crippen LogP contribution in [0, 0.1) is 5.92 Å². The standard InChI is InChI=1S/C15H21N3O/c1-19-14-9-5-8-13(10-14)18-15(16)17-11-12-6-3-2-4-7-12/h2-3,5,8-10,12H,4,6-7,11H2,1H3,(H3,16,17,18). The van der Waals surface area contributed by atoms with E-state index in [2.05, 4.69) is 22.5 Å². The van der Waals surface area contributed by atoms with Gasteiger partial charge in [0, 0.05) is 18.3 Å². The third-order valence-electron chi connectivity index (χ3n) is 3.24. The van der Waals surface area contributed by atoms with Gasteiger partial charge in [-0.2, -0.15) is 0 Å². The largest absolute Gasteiger partial charge is 0.497 e. The van der Waals surface area contributed by atoms with Crippen molar-refractivity contribution in [2.24, 2.45) is 16.6 Å². The fourth-order valence-electron chi connectivity index (χ4n) is 2.14. The lowest BCUT2D eigenvalue weighted by atomic mass is 9.95. The van der Waals surface area contributed by atoms with Gasteiger partial charge in [-0.25, -0.2) is 0 Å². The number of allylic oxidation sites excluding steroid dienone is 2. The first-order chi connectivity index (χ1) is 9.28. The molecule has 102 valence electrons. The molecule has 1 aliphatic carbocycles. The number of hydrogen-bond acceptors (Lipinski definition) is 2. The maximum absolute atomic E-state index is 5.89. The highest BCUT2D eigenvalue weighted by Crippen LogP contribution is 2.19. The summed E-state index contributed by atoms with van der Waals surface area (Å²) in [4.78, 5) is 4.41. The number of benzene rings is 1. The summed E-state index contributed by atoms with van der Waals surface area (Å²) in [6.45, 7) is 0.785. The summed E-state index contributed by atoms with van der Waals surface area (Å²) >= 11 is 0. The van der Waals surface area contributed by atoms with Crippen molar-refractivity contribution in [2.75, 3.05) is 19.0 Å². The van der Waals surface area contributed by atoms with Crippen molar-refractivity contribution in [3.8, 4) is 5.75 Å². The highest BCUT2D eigenvalue weighted by Gasteiger charge is 2.08. The quantitative estimate of drug-likeness (QED) is 0.496. The van der Waals surface area contributed by atoms with Crippen molar-refractivity contribution in [3.63, 3.8) is 0 Å². The molecule has 0 bridgehead atoms. The first-order valence-electron chi connectivity index (χ1n) is 6.64. The molecule has 0 fully saturated rings. The maximum atomic E-state index is 5.89. The molecule has 0 aromatic heterocycles. The summed E-state index contributed by atoms with van der Waals surface area (Å²) in [6.07, 6.45) is 7.93. The molecule has 0 amide bonds. The summed E-state index contributed by atoms with van der Waals surface area (Å²) in [5.41, 5.74) is 6.79. The second kappa shape index (κ2) is 6.83. The van der Waals surface area contributed by atoms with Gasteiger partial charge in [-0.3, -0.25) is 4.99 Å². The van der Waals surface area contributed by atoms with Gasteiger partial charge >= 0.3 is 0 Å². The van der Waals surface area contributed by atoms with Crippen LogP contribution in [-0.2, 0) is 0 Å². The predicted molar refractivity (Wildman–Crippen MR) is 79.6 cm³/mol. The van der Waals surface area contributed by atoms with Crippen LogP contribution in [0.15, 0.2) is 41.4 Å². The molecule has 0 saturated carbocycles. The monoisotopic (exact) mass is 259 g/mol. The summed E-state index contributed by atoms with van der Waals surface area (Å²) in [5.74, 6) is 1.88. The summed E-state index contributed by atoms with van der Waals surface area (Å²) in [5, 5.41) is 3.09. The van der Waals surface area contributed by atoms with Crippen LogP contribution in [0.4, 0.5) is 5.69 Å². The maximum Gasteiger partial charge on any atom is 0.193 e. The average Bonchev–Trinajstić information content (AvgIpc) is 2.46. The minimum atomic E-state index is 0.461. The van der Waals surface area contributed by atoms with Crippen molar-refractivity contribution in [2.45, 2.75) is 19.3 Å². The van der Waals surface area contributed by atoms with Crippen LogP contribution in [0.25, 0.3) is 0 Å². The van der Waals surface area contributed by atoms with Gasteiger partial charge < -0.3 is 15.8 Å². The Morgan fingerprint density at radius 3 is 3.11 bits per heavy atom. The molecule has 0 aliphatic heterocycles. The van der Waals surface area contributed by atoms with Crippen molar-refractivity contribution < 1.29 is 4.74 Å². The molecule has 1 aromatic carbocycles. The Balaban J connectivity index is 1.88. The number of nitrogens with zero attached hydrogens (tertiary/aromatic N) is 1. The van der Waals surface area contributed by atoms with E-state index in [1.54, 1.807) is 7.11 Å². The van der Waals surface area contributed by atoms with Crippen molar-refractivity contribution >= 4 is 11.6 Å². The van der Waals surface area contributed by atoms with Crippen LogP contribution in [0.1, 0.15) is 19.3 Å². The van der Waals surface area contributed by atoms with Crippen LogP contribution in [-0.4, -0.2) is 19.6 Å². The second-order valence-electron chi connectivity index (χ2n) is 4.73. The topological polar surface area (TPSA) is 59.6 Å². The first kappa shape index (κ1) is 13.5. The molecule has 1 atom stereocenters. The first-order valence-corrected chi connectivity index (χ1v) is 6.64. The lowest BCUT2D eigenvalue weighted by Crippen LogP contribution is -2.24. The lowest BCUT2D eigenvalue weighted by molar-refractivity contribution is 0.415. The third-order valence-corrected chi connectivity index (χ3v) is 3.24. The number of methoxy groups -OCH3 is 1. The van der Waals surface area contributed by atoms with E-state index in [1.807, 2.05) is 24.3 Å². The molecule has 0 heterocycles. The van der Waals surface area contributed by atoms with E-state index in [9.17, 15) is 0 Å². The highest BCUT2D eigenvalue weighted by atomic mass is 16.5. The number of hydrogen-bond donors (Lipinski definition) is 2. The van der Waals surface area contributed by atoms with Gasteiger partial charge in [0.15, 0.2) is 5.96 Å². The van der Waals surface area contributed by atoms with Gasteiger partial charge in [0.1, 0.15) is 5.75 Å². The number of guanidine groups is 1. The van der Waals surface area contributed by atoms with Crippen LogP contribution >= 0.6 is 0 Å². The summed E-state index contributed by atoms with van der Waals surface area (Å²) in [6, 6.07) is 7.65. The molecule has 4 heteroatoms. The van der Waals surface area contributed by atoms with Gasteiger partial charge in [0.05, 0.1) is 7.11 Å². The number of rotatable bonds is 4. The number of anilines is 1.